The quantitative estimate of drug-likeness (QED) is 0.628. The predicted molar refractivity (Wildman–Crippen MR) is 65.2 cm³/mol. The van der Waals surface area contributed by atoms with Crippen molar-refractivity contribution in [1.82, 2.24) is 9.80 Å². The third-order valence-corrected chi connectivity index (χ3v) is 3.84. The number of nitrogens with zero attached hydrogens (tertiary/aromatic N) is 2. The molecule has 0 spiro atoms. The molecule has 3 heteroatoms. The Morgan fingerprint density at radius 2 is 2.12 bits per heavy atom. The summed E-state index contributed by atoms with van der Waals surface area (Å²) in [5.74, 6) is 0.968. The van der Waals surface area contributed by atoms with Crippen LogP contribution in [0, 0.1) is 5.92 Å². The number of hydrogen-bond donors (Lipinski definition) is 0. The molecule has 1 aliphatic carbocycles. The van der Waals surface area contributed by atoms with Crippen molar-refractivity contribution in [2.45, 2.75) is 31.7 Å². The van der Waals surface area contributed by atoms with E-state index in [1.807, 2.05) is 25.2 Å². The number of piperidine rings is 1. The number of carbonyl (C=O) groups excluding carboxylic acids is 1. The number of ketones is 1. The second-order valence-corrected chi connectivity index (χ2v) is 5.40. The first-order valence-electron chi connectivity index (χ1n) is 6.18. The minimum atomic E-state index is 0.366. The Morgan fingerprint density at radius 1 is 1.38 bits per heavy atom. The number of hydrogen-bond acceptors (Lipinski definition) is 3. The van der Waals surface area contributed by atoms with Gasteiger partial charge < -0.3 is 9.80 Å². The summed E-state index contributed by atoms with van der Waals surface area (Å²) in [7, 11) is 6.16. The fourth-order valence-corrected chi connectivity index (χ4v) is 3.03. The van der Waals surface area contributed by atoms with Gasteiger partial charge in [0.05, 0.1) is 0 Å². The standard InChI is InChI=1S/C13H22N2O/c1-14(2)9-11-7-12-10(8-13(11)16)5-4-6-15(12)3/h9-10,12H,4-8H2,1-3H3/b11-9-. The van der Waals surface area contributed by atoms with E-state index in [1.165, 1.54) is 19.4 Å². The van der Waals surface area contributed by atoms with E-state index in [1.54, 1.807) is 0 Å². The van der Waals surface area contributed by atoms with Gasteiger partial charge in [0, 0.05) is 38.3 Å². The zero-order valence-electron chi connectivity index (χ0n) is 10.6. The Balaban J connectivity index is 2.13. The summed E-state index contributed by atoms with van der Waals surface area (Å²) in [6, 6.07) is 0.595. The lowest BCUT2D eigenvalue weighted by Gasteiger charge is -2.42. The number of likely N-dealkylation sites (tertiary alicyclic amines) is 1. The van der Waals surface area contributed by atoms with Crippen LogP contribution in [0.25, 0.3) is 0 Å². The van der Waals surface area contributed by atoms with Crippen LogP contribution in [-0.4, -0.2) is 49.3 Å². The van der Waals surface area contributed by atoms with Crippen LogP contribution in [0.2, 0.25) is 0 Å². The van der Waals surface area contributed by atoms with Gasteiger partial charge in [0.25, 0.3) is 0 Å². The summed E-state index contributed by atoms with van der Waals surface area (Å²) >= 11 is 0. The van der Waals surface area contributed by atoms with Crippen molar-refractivity contribution in [2.75, 3.05) is 27.7 Å². The molecule has 0 N–H and O–H groups in total. The second kappa shape index (κ2) is 4.58. The highest BCUT2D eigenvalue weighted by molar-refractivity contribution is 5.96. The molecule has 1 saturated carbocycles. The summed E-state index contributed by atoms with van der Waals surface area (Å²) in [6.07, 6.45) is 6.18. The van der Waals surface area contributed by atoms with Crippen molar-refractivity contribution in [2.24, 2.45) is 5.92 Å². The van der Waals surface area contributed by atoms with Gasteiger partial charge in [-0.05, 0) is 38.8 Å². The molecule has 2 aliphatic rings. The Morgan fingerprint density at radius 3 is 2.81 bits per heavy atom. The molecule has 1 saturated heterocycles. The van der Waals surface area contributed by atoms with Crippen LogP contribution in [0.5, 0.6) is 0 Å². The van der Waals surface area contributed by atoms with Crippen molar-refractivity contribution < 1.29 is 4.79 Å². The van der Waals surface area contributed by atoms with Crippen LogP contribution in [-0.2, 0) is 4.79 Å². The van der Waals surface area contributed by atoms with Gasteiger partial charge in [0.2, 0.25) is 0 Å². The van der Waals surface area contributed by atoms with Crippen LogP contribution in [0.4, 0.5) is 0 Å². The zero-order valence-corrected chi connectivity index (χ0v) is 10.6. The van der Waals surface area contributed by atoms with Crippen LogP contribution in [0.3, 0.4) is 0 Å². The van der Waals surface area contributed by atoms with Crippen molar-refractivity contribution in [3.8, 4) is 0 Å². The average Bonchev–Trinajstić information content (AvgIpc) is 2.20. The van der Waals surface area contributed by atoms with Gasteiger partial charge in [-0.2, -0.15) is 0 Å². The number of rotatable bonds is 1. The van der Waals surface area contributed by atoms with Crippen molar-refractivity contribution in [3.05, 3.63) is 11.8 Å². The molecule has 1 heterocycles. The summed E-state index contributed by atoms with van der Waals surface area (Å²) in [6.45, 7) is 1.19. The molecule has 0 amide bonds. The van der Waals surface area contributed by atoms with Crippen molar-refractivity contribution in [1.29, 1.82) is 0 Å². The number of carbonyl (C=O) groups is 1. The topological polar surface area (TPSA) is 23.6 Å². The van der Waals surface area contributed by atoms with Crippen LogP contribution < -0.4 is 0 Å². The normalized spacial score (nSPS) is 33.9. The molecule has 0 aromatic heterocycles. The maximum atomic E-state index is 12.0. The minimum Gasteiger partial charge on any atom is -0.383 e. The summed E-state index contributed by atoms with van der Waals surface area (Å²) in [5, 5.41) is 0. The lowest BCUT2D eigenvalue weighted by Crippen LogP contribution is -2.46. The first-order chi connectivity index (χ1) is 7.58. The molecular formula is C13H22N2O. The summed E-state index contributed by atoms with van der Waals surface area (Å²) in [4.78, 5) is 16.4. The molecule has 0 radical (unpaired) electrons. The highest BCUT2D eigenvalue weighted by Crippen LogP contribution is 2.35. The Labute approximate surface area is 98.1 Å². The van der Waals surface area contributed by atoms with E-state index in [0.717, 1.165) is 18.4 Å². The first-order valence-corrected chi connectivity index (χ1v) is 6.18. The molecule has 0 aromatic carbocycles. The molecule has 2 atom stereocenters. The van der Waals surface area contributed by atoms with Crippen molar-refractivity contribution >= 4 is 5.78 Å². The SMILES string of the molecule is CN(C)/C=C1/CC2C(CCCN2C)CC1=O. The number of fused-ring (bicyclic) bond motifs is 1. The molecule has 2 unspecified atom stereocenters. The van der Waals surface area contributed by atoms with Gasteiger partial charge >= 0.3 is 0 Å². The molecule has 2 fully saturated rings. The van der Waals surface area contributed by atoms with Crippen molar-refractivity contribution in [3.63, 3.8) is 0 Å². The maximum absolute atomic E-state index is 12.0. The Kier molecular flexibility index (Phi) is 3.33. The highest BCUT2D eigenvalue weighted by Gasteiger charge is 2.36. The van der Waals surface area contributed by atoms with Gasteiger partial charge in [-0.1, -0.05) is 0 Å². The average molecular weight is 222 g/mol. The molecule has 0 bridgehead atoms. The summed E-state index contributed by atoms with van der Waals surface area (Å²) in [5.41, 5.74) is 1.01. The third kappa shape index (κ3) is 2.29. The molecule has 16 heavy (non-hydrogen) atoms. The van der Waals surface area contributed by atoms with E-state index in [4.69, 9.17) is 0 Å². The minimum absolute atomic E-state index is 0.366. The fourth-order valence-electron chi connectivity index (χ4n) is 3.03. The van der Waals surface area contributed by atoms with Gasteiger partial charge in [-0.25, -0.2) is 0 Å². The fraction of sp³-hybridized carbons (Fsp3) is 0.769. The first kappa shape index (κ1) is 11.6. The predicted octanol–water partition coefficient (Wildman–Crippen LogP) is 1.51. The smallest absolute Gasteiger partial charge is 0.160 e. The summed E-state index contributed by atoms with van der Waals surface area (Å²) < 4.78 is 0. The van der Waals surface area contributed by atoms with E-state index >= 15 is 0 Å². The van der Waals surface area contributed by atoms with E-state index in [9.17, 15) is 4.79 Å². The maximum Gasteiger partial charge on any atom is 0.160 e. The highest BCUT2D eigenvalue weighted by atomic mass is 16.1. The molecule has 0 aromatic rings. The van der Waals surface area contributed by atoms with E-state index in [2.05, 4.69) is 11.9 Å². The molecule has 90 valence electrons. The van der Waals surface area contributed by atoms with Gasteiger partial charge in [-0.15, -0.1) is 0 Å². The van der Waals surface area contributed by atoms with Crippen LogP contribution >= 0.6 is 0 Å². The second-order valence-electron chi connectivity index (χ2n) is 5.40. The Hall–Kier alpha value is -0.830. The van der Waals surface area contributed by atoms with Crippen LogP contribution in [0.15, 0.2) is 11.8 Å². The van der Waals surface area contributed by atoms with Gasteiger partial charge in [0.1, 0.15) is 0 Å². The Bertz CT molecular complexity index is 309. The van der Waals surface area contributed by atoms with Gasteiger partial charge in [0.15, 0.2) is 5.78 Å². The van der Waals surface area contributed by atoms with E-state index in [0.29, 0.717) is 17.7 Å². The lowest BCUT2D eigenvalue weighted by molar-refractivity contribution is -0.119. The molecule has 2 rings (SSSR count). The largest absolute Gasteiger partial charge is 0.383 e. The monoisotopic (exact) mass is 222 g/mol. The molecule has 3 nitrogen and oxygen atoms in total. The molecule has 1 aliphatic heterocycles. The van der Waals surface area contributed by atoms with E-state index < -0.39 is 0 Å². The number of Topliss-reactive ketones (excluding diaryl/α,β-unsaturated/α-hetero) is 1. The van der Waals surface area contributed by atoms with Crippen LogP contribution in [0.1, 0.15) is 25.7 Å². The lowest BCUT2D eigenvalue weighted by atomic mass is 9.76. The molecular weight excluding hydrogens is 200 g/mol. The van der Waals surface area contributed by atoms with Gasteiger partial charge in [-0.3, -0.25) is 4.79 Å². The van der Waals surface area contributed by atoms with E-state index in [-0.39, 0.29) is 0 Å². The third-order valence-electron chi connectivity index (χ3n) is 3.84. The zero-order chi connectivity index (χ0) is 11.7.